The van der Waals surface area contributed by atoms with Gasteiger partial charge in [-0.25, -0.2) is 13.6 Å². The van der Waals surface area contributed by atoms with Crippen LogP contribution >= 0.6 is 0 Å². The summed E-state index contributed by atoms with van der Waals surface area (Å²) in [7, 11) is 2.76. The van der Waals surface area contributed by atoms with Crippen LogP contribution in [0.2, 0.25) is 0 Å². The Kier molecular flexibility index (Phi) is 3.51. The lowest BCUT2D eigenvalue weighted by Gasteiger charge is -2.47. The number of nitrogens with zero attached hydrogens (tertiary/aromatic N) is 1. The summed E-state index contributed by atoms with van der Waals surface area (Å²) in [6.07, 6.45) is 0. The fourth-order valence-electron chi connectivity index (χ4n) is 4.18. The van der Waals surface area contributed by atoms with Gasteiger partial charge >= 0.3 is 5.97 Å². The molecule has 7 heteroatoms. The van der Waals surface area contributed by atoms with Gasteiger partial charge in [0.15, 0.2) is 5.72 Å². The van der Waals surface area contributed by atoms with Crippen LogP contribution < -0.4 is 9.64 Å². The van der Waals surface area contributed by atoms with E-state index in [9.17, 15) is 14.3 Å². The lowest BCUT2D eigenvalue weighted by Crippen LogP contribution is -2.49. The van der Waals surface area contributed by atoms with Crippen molar-refractivity contribution in [1.82, 2.24) is 0 Å². The molecule has 1 atom stereocenters. The van der Waals surface area contributed by atoms with Gasteiger partial charge in [-0.2, -0.15) is 0 Å². The number of aliphatic hydroxyl groups is 1. The van der Waals surface area contributed by atoms with Crippen molar-refractivity contribution in [3.8, 4) is 22.6 Å². The lowest BCUT2D eigenvalue weighted by atomic mass is 9.79. The van der Waals surface area contributed by atoms with Gasteiger partial charge < -0.3 is 19.5 Å². The summed E-state index contributed by atoms with van der Waals surface area (Å²) in [6.45, 7) is 0. The Morgan fingerprint density at radius 1 is 1.14 bits per heavy atom. The van der Waals surface area contributed by atoms with Crippen molar-refractivity contribution in [3.63, 3.8) is 0 Å². The van der Waals surface area contributed by atoms with E-state index in [2.05, 4.69) is 0 Å². The summed E-state index contributed by atoms with van der Waals surface area (Å²) in [6, 6.07) is 11.4. The van der Waals surface area contributed by atoms with Gasteiger partial charge in [-0.3, -0.25) is 0 Å². The zero-order valence-electron chi connectivity index (χ0n) is 15.5. The second kappa shape index (κ2) is 5.78. The minimum Gasteiger partial charge on any atom is -0.465 e. The molecule has 3 aromatic rings. The van der Waals surface area contributed by atoms with Crippen molar-refractivity contribution in [3.05, 3.63) is 76.9 Å². The Balaban J connectivity index is 1.88. The van der Waals surface area contributed by atoms with Crippen LogP contribution in [0.4, 0.5) is 14.5 Å². The maximum Gasteiger partial charge on any atom is 0.338 e. The maximum atomic E-state index is 15.1. The lowest BCUT2D eigenvalue weighted by molar-refractivity contribution is 0.0597. The Morgan fingerprint density at radius 2 is 1.93 bits per heavy atom. The number of fused-ring (bicyclic) bond motifs is 4. The predicted molar refractivity (Wildman–Crippen MR) is 101 cm³/mol. The third-order valence-corrected chi connectivity index (χ3v) is 5.52. The molecule has 5 rings (SSSR count). The zero-order chi connectivity index (χ0) is 20.5. The standard InChI is InChI=1S/C22H15F2NO4/c1-25-16-9-11(21(26)28-2)8-15(24)19(16)13-4-3-5-18-20(13)22(25,27)14-10-12(23)6-7-17(14)29-18/h3-10,27H,1-2H3. The molecule has 3 aromatic carbocycles. The van der Waals surface area contributed by atoms with Crippen molar-refractivity contribution in [1.29, 1.82) is 0 Å². The molecule has 0 saturated heterocycles. The van der Waals surface area contributed by atoms with E-state index < -0.39 is 23.3 Å². The average molecular weight is 395 g/mol. The van der Waals surface area contributed by atoms with Crippen LogP contribution in [-0.4, -0.2) is 25.2 Å². The molecule has 2 aliphatic rings. The fourth-order valence-corrected chi connectivity index (χ4v) is 4.18. The Bertz CT molecular complexity index is 1210. The molecule has 1 unspecified atom stereocenters. The van der Waals surface area contributed by atoms with E-state index in [0.29, 0.717) is 22.6 Å². The molecule has 0 fully saturated rings. The summed E-state index contributed by atoms with van der Waals surface area (Å²) < 4.78 is 39.8. The van der Waals surface area contributed by atoms with Crippen LogP contribution in [0.3, 0.4) is 0 Å². The first-order valence-electron chi connectivity index (χ1n) is 8.86. The summed E-state index contributed by atoms with van der Waals surface area (Å²) >= 11 is 0. The third-order valence-electron chi connectivity index (χ3n) is 5.52. The summed E-state index contributed by atoms with van der Waals surface area (Å²) in [5.74, 6) is -1.26. The van der Waals surface area contributed by atoms with E-state index in [1.165, 1.54) is 36.3 Å². The van der Waals surface area contributed by atoms with E-state index in [1.807, 2.05) is 0 Å². The van der Waals surface area contributed by atoms with Gasteiger partial charge in [-0.1, -0.05) is 12.1 Å². The highest BCUT2D eigenvalue weighted by atomic mass is 19.1. The Labute approximate surface area is 164 Å². The van der Waals surface area contributed by atoms with E-state index in [1.54, 1.807) is 25.2 Å². The van der Waals surface area contributed by atoms with Gasteiger partial charge in [0.25, 0.3) is 0 Å². The first-order valence-corrected chi connectivity index (χ1v) is 8.86. The molecule has 2 heterocycles. The molecule has 0 radical (unpaired) electrons. The number of hydrogen-bond donors (Lipinski definition) is 1. The second-order valence-electron chi connectivity index (χ2n) is 7.00. The highest BCUT2D eigenvalue weighted by molar-refractivity contribution is 5.96. The first kappa shape index (κ1) is 17.6. The van der Waals surface area contributed by atoms with E-state index in [4.69, 9.17) is 9.47 Å². The van der Waals surface area contributed by atoms with Crippen molar-refractivity contribution < 1.29 is 28.2 Å². The molecular formula is C22H15F2NO4. The first-order chi connectivity index (χ1) is 13.9. The van der Waals surface area contributed by atoms with E-state index >= 15 is 4.39 Å². The number of ether oxygens (including phenoxy) is 2. The third kappa shape index (κ3) is 2.19. The van der Waals surface area contributed by atoms with Gasteiger partial charge in [0.1, 0.15) is 23.1 Å². The van der Waals surface area contributed by atoms with Crippen LogP contribution in [0.15, 0.2) is 48.5 Å². The van der Waals surface area contributed by atoms with Crippen LogP contribution in [0.5, 0.6) is 11.5 Å². The Hall–Kier alpha value is -3.45. The van der Waals surface area contributed by atoms with Crippen LogP contribution in [0, 0.1) is 11.6 Å². The number of esters is 1. The van der Waals surface area contributed by atoms with Gasteiger partial charge in [0, 0.05) is 12.6 Å². The number of benzene rings is 3. The number of carbonyl (C=O) groups is 1. The number of hydrogen-bond acceptors (Lipinski definition) is 5. The smallest absolute Gasteiger partial charge is 0.338 e. The highest BCUT2D eigenvalue weighted by Crippen LogP contribution is 2.57. The van der Waals surface area contributed by atoms with Crippen molar-refractivity contribution in [2.75, 3.05) is 19.1 Å². The molecule has 2 aliphatic heterocycles. The number of halogens is 2. The summed E-state index contributed by atoms with van der Waals surface area (Å²) in [5, 5.41) is 11.9. The van der Waals surface area contributed by atoms with Crippen LogP contribution in [-0.2, 0) is 10.5 Å². The largest absolute Gasteiger partial charge is 0.465 e. The number of anilines is 1. The van der Waals surface area contributed by atoms with Crippen molar-refractivity contribution in [2.45, 2.75) is 5.72 Å². The van der Waals surface area contributed by atoms with Gasteiger partial charge in [0.05, 0.1) is 29.5 Å². The van der Waals surface area contributed by atoms with Crippen LogP contribution in [0.1, 0.15) is 21.5 Å². The summed E-state index contributed by atoms with van der Waals surface area (Å²) in [4.78, 5) is 13.4. The molecular weight excluding hydrogens is 380 g/mol. The molecule has 0 spiro atoms. The number of carbonyl (C=O) groups excluding carboxylic acids is 1. The normalized spacial score (nSPS) is 18.3. The quantitative estimate of drug-likeness (QED) is 0.627. The molecule has 29 heavy (non-hydrogen) atoms. The second-order valence-corrected chi connectivity index (χ2v) is 7.00. The molecule has 5 nitrogen and oxygen atoms in total. The molecule has 0 aromatic heterocycles. The average Bonchev–Trinajstić information content (AvgIpc) is 2.71. The van der Waals surface area contributed by atoms with E-state index in [-0.39, 0.29) is 22.4 Å². The molecule has 146 valence electrons. The van der Waals surface area contributed by atoms with Gasteiger partial charge in [-0.15, -0.1) is 0 Å². The molecule has 0 amide bonds. The van der Waals surface area contributed by atoms with Crippen molar-refractivity contribution in [2.24, 2.45) is 0 Å². The number of methoxy groups -OCH3 is 1. The SMILES string of the molecule is COC(=O)c1cc(F)c2c(c1)N(C)C1(O)c3cc(F)ccc3Oc3cccc-2c31. The van der Waals surface area contributed by atoms with Crippen molar-refractivity contribution >= 4 is 11.7 Å². The monoisotopic (exact) mass is 395 g/mol. The molecule has 0 saturated carbocycles. The molecule has 0 aliphatic carbocycles. The molecule has 0 bridgehead atoms. The van der Waals surface area contributed by atoms with Gasteiger partial charge in [-0.05, 0) is 42.0 Å². The van der Waals surface area contributed by atoms with Crippen LogP contribution in [0.25, 0.3) is 11.1 Å². The van der Waals surface area contributed by atoms with Gasteiger partial charge in [0.2, 0.25) is 0 Å². The fraction of sp³-hybridized carbons (Fsp3) is 0.136. The minimum atomic E-state index is -1.82. The minimum absolute atomic E-state index is 0.00493. The highest BCUT2D eigenvalue weighted by Gasteiger charge is 2.50. The summed E-state index contributed by atoms with van der Waals surface area (Å²) in [5.41, 5.74) is -0.421. The topological polar surface area (TPSA) is 59.0 Å². The molecule has 1 N–H and O–H groups in total. The predicted octanol–water partition coefficient (Wildman–Crippen LogP) is 4.17. The zero-order valence-corrected chi connectivity index (χ0v) is 15.5. The Morgan fingerprint density at radius 3 is 2.69 bits per heavy atom. The van der Waals surface area contributed by atoms with E-state index in [0.717, 1.165) is 6.07 Å². The number of rotatable bonds is 1. The maximum absolute atomic E-state index is 15.1.